The normalized spacial score (nSPS) is 17.3. The summed E-state index contributed by atoms with van der Waals surface area (Å²) in [6.07, 6.45) is 3.88. The van der Waals surface area contributed by atoms with Crippen molar-refractivity contribution < 1.29 is 9.53 Å². The van der Waals surface area contributed by atoms with Crippen LogP contribution in [0, 0.1) is 0 Å². The maximum Gasteiger partial charge on any atom is 0.360 e. The van der Waals surface area contributed by atoms with Crippen molar-refractivity contribution in [3.05, 3.63) is 11.9 Å². The Hall–Kier alpha value is -1.04. The van der Waals surface area contributed by atoms with Crippen LogP contribution in [-0.4, -0.2) is 39.1 Å². The van der Waals surface area contributed by atoms with Crippen molar-refractivity contribution >= 4 is 17.7 Å². The summed E-state index contributed by atoms with van der Waals surface area (Å²) in [5.74, 6) is 1.91. The molecule has 0 unspecified atom stereocenters. The fourth-order valence-corrected chi connectivity index (χ4v) is 2.79. The number of carbonyl (C=O) groups excluding carboxylic acids is 1. The second kappa shape index (κ2) is 5.34. The van der Waals surface area contributed by atoms with Crippen LogP contribution in [0.25, 0.3) is 0 Å². The highest BCUT2D eigenvalue weighted by atomic mass is 32.2. The van der Waals surface area contributed by atoms with E-state index in [4.69, 9.17) is 4.74 Å². The second-order valence-corrected chi connectivity index (χ2v) is 4.87. The largest absolute Gasteiger partial charge is 0.461 e. The Morgan fingerprint density at radius 1 is 1.62 bits per heavy atom. The minimum absolute atomic E-state index is 0.306. The third kappa shape index (κ3) is 2.55. The number of hydrogen-bond acceptors (Lipinski definition) is 5. The maximum atomic E-state index is 11.4. The lowest BCUT2D eigenvalue weighted by atomic mass is 10.2. The number of nitrogens with zero attached hydrogens (tertiary/aromatic N) is 3. The lowest BCUT2D eigenvalue weighted by Gasteiger charge is -2.20. The van der Waals surface area contributed by atoms with Crippen LogP contribution >= 0.6 is 11.8 Å². The first-order valence-electron chi connectivity index (χ1n) is 5.48. The molecule has 1 fully saturated rings. The number of hydrogen-bond donors (Lipinski definition) is 0. The Morgan fingerprint density at radius 2 is 2.38 bits per heavy atom. The SMILES string of the molecule is CCOC(=O)c1cn(C2CCSCC2)nn1. The first-order chi connectivity index (χ1) is 7.81. The molecule has 0 aliphatic carbocycles. The fraction of sp³-hybridized carbons (Fsp3) is 0.700. The maximum absolute atomic E-state index is 11.4. The van der Waals surface area contributed by atoms with Gasteiger partial charge in [0.1, 0.15) is 0 Å². The zero-order chi connectivity index (χ0) is 11.4. The molecular weight excluding hydrogens is 226 g/mol. The van der Waals surface area contributed by atoms with Crippen molar-refractivity contribution in [1.29, 1.82) is 0 Å². The summed E-state index contributed by atoms with van der Waals surface area (Å²) in [6.45, 7) is 2.15. The van der Waals surface area contributed by atoms with Gasteiger partial charge >= 0.3 is 5.97 Å². The van der Waals surface area contributed by atoms with Gasteiger partial charge in [-0.3, -0.25) is 0 Å². The van der Waals surface area contributed by atoms with Crippen molar-refractivity contribution in [3.8, 4) is 0 Å². The molecule has 2 heterocycles. The molecule has 0 aromatic carbocycles. The molecule has 0 bridgehead atoms. The Kier molecular flexibility index (Phi) is 3.82. The quantitative estimate of drug-likeness (QED) is 0.751. The Labute approximate surface area is 98.5 Å². The van der Waals surface area contributed by atoms with Gasteiger partial charge < -0.3 is 4.74 Å². The van der Waals surface area contributed by atoms with Gasteiger partial charge in [-0.05, 0) is 31.3 Å². The van der Waals surface area contributed by atoms with E-state index in [9.17, 15) is 4.79 Å². The Balaban J connectivity index is 2.03. The number of esters is 1. The monoisotopic (exact) mass is 241 g/mol. The van der Waals surface area contributed by atoms with Crippen molar-refractivity contribution in [2.75, 3.05) is 18.1 Å². The molecule has 0 N–H and O–H groups in total. The molecule has 88 valence electrons. The van der Waals surface area contributed by atoms with Gasteiger partial charge in [-0.2, -0.15) is 11.8 Å². The lowest BCUT2D eigenvalue weighted by molar-refractivity contribution is 0.0519. The van der Waals surface area contributed by atoms with Crippen LogP contribution in [-0.2, 0) is 4.74 Å². The van der Waals surface area contributed by atoms with Crippen molar-refractivity contribution in [2.45, 2.75) is 25.8 Å². The van der Waals surface area contributed by atoms with E-state index >= 15 is 0 Å². The zero-order valence-corrected chi connectivity index (χ0v) is 10.1. The second-order valence-electron chi connectivity index (χ2n) is 3.65. The molecule has 1 aromatic rings. The summed E-state index contributed by atoms with van der Waals surface area (Å²) < 4.78 is 6.67. The zero-order valence-electron chi connectivity index (χ0n) is 9.26. The lowest BCUT2D eigenvalue weighted by Crippen LogP contribution is -2.15. The first kappa shape index (κ1) is 11.4. The highest BCUT2D eigenvalue weighted by molar-refractivity contribution is 7.99. The van der Waals surface area contributed by atoms with Gasteiger partial charge in [0, 0.05) is 0 Å². The number of rotatable bonds is 3. The molecule has 1 aliphatic rings. The molecule has 0 saturated carbocycles. The van der Waals surface area contributed by atoms with Crippen LogP contribution < -0.4 is 0 Å². The number of ether oxygens (including phenoxy) is 1. The van der Waals surface area contributed by atoms with Gasteiger partial charge in [-0.25, -0.2) is 9.48 Å². The van der Waals surface area contributed by atoms with E-state index in [0.717, 1.165) is 24.3 Å². The summed E-state index contributed by atoms with van der Waals surface area (Å²) in [4.78, 5) is 11.4. The standard InChI is InChI=1S/C10H15N3O2S/c1-2-15-10(14)9-7-13(12-11-9)8-3-5-16-6-4-8/h7-8H,2-6H2,1H3. The van der Waals surface area contributed by atoms with Gasteiger partial charge in [-0.1, -0.05) is 5.21 Å². The predicted molar refractivity (Wildman–Crippen MR) is 61.6 cm³/mol. The van der Waals surface area contributed by atoms with Crippen molar-refractivity contribution in [2.24, 2.45) is 0 Å². The molecule has 5 nitrogen and oxygen atoms in total. The first-order valence-corrected chi connectivity index (χ1v) is 6.63. The molecule has 0 radical (unpaired) electrons. The highest BCUT2D eigenvalue weighted by Crippen LogP contribution is 2.26. The number of aromatic nitrogens is 3. The topological polar surface area (TPSA) is 57.0 Å². The minimum Gasteiger partial charge on any atom is -0.461 e. The summed E-state index contributed by atoms with van der Waals surface area (Å²) in [7, 11) is 0. The molecule has 0 atom stereocenters. The molecule has 16 heavy (non-hydrogen) atoms. The Bertz CT molecular complexity index is 361. The van der Waals surface area contributed by atoms with E-state index in [-0.39, 0.29) is 5.97 Å². The molecule has 0 spiro atoms. The molecule has 1 aliphatic heterocycles. The highest BCUT2D eigenvalue weighted by Gasteiger charge is 2.19. The van der Waals surface area contributed by atoms with E-state index in [1.165, 1.54) is 0 Å². The average Bonchev–Trinajstić information content (AvgIpc) is 2.80. The van der Waals surface area contributed by atoms with Crippen LogP contribution in [0.15, 0.2) is 6.20 Å². The summed E-state index contributed by atoms with van der Waals surface area (Å²) in [6, 6.07) is 0.386. The van der Waals surface area contributed by atoms with E-state index in [0.29, 0.717) is 18.3 Å². The number of thioether (sulfide) groups is 1. The van der Waals surface area contributed by atoms with E-state index in [1.54, 1.807) is 17.8 Å². The van der Waals surface area contributed by atoms with E-state index in [2.05, 4.69) is 10.3 Å². The summed E-state index contributed by atoms with van der Waals surface area (Å²) in [5.41, 5.74) is 0.306. The van der Waals surface area contributed by atoms with Gasteiger partial charge in [0.25, 0.3) is 0 Å². The molecular formula is C10H15N3O2S. The van der Waals surface area contributed by atoms with Crippen LogP contribution in [0.5, 0.6) is 0 Å². The van der Waals surface area contributed by atoms with Crippen molar-refractivity contribution in [1.82, 2.24) is 15.0 Å². The van der Waals surface area contributed by atoms with E-state index < -0.39 is 0 Å². The Morgan fingerprint density at radius 3 is 3.06 bits per heavy atom. The van der Waals surface area contributed by atoms with Crippen molar-refractivity contribution in [3.63, 3.8) is 0 Å². The summed E-state index contributed by atoms with van der Waals surface area (Å²) in [5, 5.41) is 7.84. The summed E-state index contributed by atoms with van der Waals surface area (Å²) >= 11 is 1.96. The van der Waals surface area contributed by atoms with Gasteiger partial charge in [0.2, 0.25) is 0 Å². The smallest absolute Gasteiger partial charge is 0.360 e. The van der Waals surface area contributed by atoms with E-state index in [1.807, 2.05) is 11.8 Å². The molecule has 1 aromatic heterocycles. The number of carbonyl (C=O) groups is 1. The van der Waals surface area contributed by atoms with Gasteiger partial charge in [0.05, 0.1) is 18.8 Å². The molecule has 1 saturated heterocycles. The third-order valence-electron chi connectivity index (χ3n) is 2.56. The fourth-order valence-electron chi connectivity index (χ4n) is 1.70. The molecule has 0 amide bonds. The van der Waals surface area contributed by atoms with Crippen LogP contribution in [0.3, 0.4) is 0 Å². The van der Waals surface area contributed by atoms with Crippen LogP contribution in [0.2, 0.25) is 0 Å². The predicted octanol–water partition coefficient (Wildman–Crippen LogP) is 1.52. The molecule has 6 heteroatoms. The molecule has 2 rings (SSSR count). The average molecular weight is 241 g/mol. The van der Waals surface area contributed by atoms with Crippen LogP contribution in [0.1, 0.15) is 36.3 Å². The van der Waals surface area contributed by atoms with Gasteiger partial charge in [-0.15, -0.1) is 5.10 Å². The minimum atomic E-state index is -0.390. The third-order valence-corrected chi connectivity index (χ3v) is 3.61. The van der Waals surface area contributed by atoms with Gasteiger partial charge in [0.15, 0.2) is 5.69 Å². The van der Waals surface area contributed by atoms with Crippen LogP contribution in [0.4, 0.5) is 0 Å².